The molecule has 4 rings (SSSR count). The summed E-state index contributed by atoms with van der Waals surface area (Å²) in [5.41, 5.74) is 1.78. The molecule has 1 saturated heterocycles. The number of aromatic nitrogens is 3. The maximum absolute atomic E-state index is 12.3. The van der Waals surface area contributed by atoms with E-state index in [1.807, 2.05) is 52.0 Å². The maximum atomic E-state index is 12.3. The van der Waals surface area contributed by atoms with E-state index < -0.39 is 0 Å². The molecule has 3 aromatic rings. The van der Waals surface area contributed by atoms with Gasteiger partial charge in [-0.2, -0.15) is 5.10 Å². The molecule has 0 radical (unpaired) electrons. The molecule has 0 saturated carbocycles. The van der Waals surface area contributed by atoms with Crippen molar-refractivity contribution in [1.82, 2.24) is 14.3 Å². The zero-order chi connectivity index (χ0) is 15.6. The number of carbonyl (C=O) groups is 1. The summed E-state index contributed by atoms with van der Waals surface area (Å²) in [4.78, 5) is 12.3. The fraction of sp³-hybridized carbons (Fsp3) is 0.294. The lowest BCUT2D eigenvalue weighted by atomic mass is 10.2. The summed E-state index contributed by atoms with van der Waals surface area (Å²) in [5, 5.41) is 8.35. The first-order chi connectivity index (χ1) is 11.3. The number of ether oxygens (including phenoxy) is 1. The first-order valence-corrected chi connectivity index (χ1v) is 7.75. The van der Waals surface area contributed by atoms with Crippen molar-refractivity contribution in [2.24, 2.45) is 0 Å². The second-order valence-corrected chi connectivity index (χ2v) is 5.78. The van der Waals surface area contributed by atoms with Gasteiger partial charge in [-0.25, -0.2) is 0 Å². The summed E-state index contributed by atoms with van der Waals surface area (Å²) < 4.78 is 9.17. The normalized spacial score (nSPS) is 17.7. The summed E-state index contributed by atoms with van der Waals surface area (Å²) in [6.07, 6.45) is 6.45. The Labute approximate surface area is 133 Å². The Morgan fingerprint density at radius 1 is 1.35 bits per heavy atom. The van der Waals surface area contributed by atoms with E-state index >= 15 is 0 Å². The molecule has 3 heterocycles. The molecule has 118 valence electrons. The standard InChI is InChI=1S/C17H18N4O2/c22-17(11-20-7-5-13-3-1-2-4-16(13)20)19-14-9-18-21(10-14)15-6-8-23-12-15/h1-5,7,9-10,15H,6,8,11-12H2,(H,19,22)/t15-/m0/s1. The van der Waals surface area contributed by atoms with Crippen molar-refractivity contribution in [3.05, 3.63) is 48.9 Å². The van der Waals surface area contributed by atoms with Crippen LogP contribution in [-0.2, 0) is 16.1 Å². The van der Waals surface area contributed by atoms with Crippen molar-refractivity contribution in [3.8, 4) is 0 Å². The van der Waals surface area contributed by atoms with Crippen molar-refractivity contribution >= 4 is 22.5 Å². The topological polar surface area (TPSA) is 61.1 Å². The van der Waals surface area contributed by atoms with Crippen LogP contribution in [-0.4, -0.2) is 33.5 Å². The van der Waals surface area contributed by atoms with Crippen LogP contribution in [0, 0.1) is 0 Å². The molecule has 2 aromatic heterocycles. The van der Waals surface area contributed by atoms with Gasteiger partial charge in [0.1, 0.15) is 6.54 Å². The van der Waals surface area contributed by atoms with Gasteiger partial charge in [-0.05, 0) is 23.9 Å². The van der Waals surface area contributed by atoms with E-state index in [0.717, 1.165) is 29.6 Å². The SMILES string of the molecule is O=C(Cn1ccc2ccccc21)Nc1cnn([C@H]2CCOC2)c1. The molecule has 1 aromatic carbocycles. The van der Waals surface area contributed by atoms with Crippen LogP contribution >= 0.6 is 0 Å². The molecular formula is C17H18N4O2. The zero-order valence-electron chi connectivity index (χ0n) is 12.7. The predicted octanol–water partition coefficient (Wildman–Crippen LogP) is 2.44. The molecule has 1 atom stereocenters. The van der Waals surface area contributed by atoms with Gasteiger partial charge in [0.25, 0.3) is 0 Å². The van der Waals surface area contributed by atoms with E-state index in [0.29, 0.717) is 6.61 Å². The number of rotatable bonds is 4. The lowest BCUT2D eigenvalue weighted by Crippen LogP contribution is -2.18. The highest BCUT2D eigenvalue weighted by atomic mass is 16.5. The van der Waals surface area contributed by atoms with Gasteiger partial charge in [0.15, 0.2) is 0 Å². The number of fused-ring (bicyclic) bond motifs is 1. The minimum Gasteiger partial charge on any atom is -0.379 e. The number of nitrogens with one attached hydrogen (secondary N) is 1. The van der Waals surface area contributed by atoms with E-state index in [-0.39, 0.29) is 18.5 Å². The number of anilines is 1. The highest BCUT2D eigenvalue weighted by Crippen LogP contribution is 2.20. The number of hydrogen-bond donors (Lipinski definition) is 1. The minimum absolute atomic E-state index is 0.0615. The van der Waals surface area contributed by atoms with E-state index in [9.17, 15) is 4.79 Å². The van der Waals surface area contributed by atoms with Crippen molar-refractivity contribution in [2.45, 2.75) is 19.0 Å². The molecular weight excluding hydrogens is 292 g/mol. The molecule has 1 fully saturated rings. The Kier molecular flexibility index (Phi) is 3.59. The number of carbonyl (C=O) groups excluding carboxylic acids is 1. The van der Waals surface area contributed by atoms with Crippen LogP contribution in [0.5, 0.6) is 0 Å². The van der Waals surface area contributed by atoms with Crippen LogP contribution in [0.25, 0.3) is 10.9 Å². The van der Waals surface area contributed by atoms with Gasteiger partial charge in [0, 0.05) is 24.5 Å². The van der Waals surface area contributed by atoms with E-state index in [1.165, 1.54) is 0 Å². The van der Waals surface area contributed by atoms with Crippen LogP contribution in [0.15, 0.2) is 48.9 Å². The molecule has 1 N–H and O–H groups in total. The molecule has 1 aliphatic rings. The average Bonchev–Trinajstić information content (AvgIpc) is 3.27. The van der Waals surface area contributed by atoms with Crippen LogP contribution < -0.4 is 5.32 Å². The summed E-state index contributed by atoms with van der Waals surface area (Å²) in [6.45, 7) is 1.74. The summed E-state index contributed by atoms with van der Waals surface area (Å²) in [7, 11) is 0. The van der Waals surface area contributed by atoms with Crippen LogP contribution in [0.1, 0.15) is 12.5 Å². The molecule has 0 aliphatic carbocycles. The number of hydrogen-bond acceptors (Lipinski definition) is 3. The lowest BCUT2D eigenvalue weighted by molar-refractivity contribution is -0.116. The van der Waals surface area contributed by atoms with E-state index in [1.54, 1.807) is 6.20 Å². The van der Waals surface area contributed by atoms with Crippen LogP contribution in [0.4, 0.5) is 5.69 Å². The Hall–Kier alpha value is -2.60. The molecule has 0 bridgehead atoms. The van der Waals surface area contributed by atoms with Crippen LogP contribution in [0.3, 0.4) is 0 Å². The molecule has 0 spiro atoms. The third-order valence-corrected chi connectivity index (χ3v) is 4.16. The van der Waals surface area contributed by atoms with Crippen molar-refractivity contribution < 1.29 is 9.53 Å². The Balaban J connectivity index is 1.43. The predicted molar refractivity (Wildman–Crippen MR) is 87.3 cm³/mol. The molecule has 6 heteroatoms. The summed E-state index contributed by atoms with van der Waals surface area (Å²) >= 11 is 0. The first kappa shape index (κ1) is 14.0. The highest BCUT2D eigenvalue weighted by molar-refractivity contribution is 5.91. The maximum Gasteiger partial charge on any atom is 0.244 e. The van der Waals surface area contributed by atoms with E-state index in [4.69, 9.17) is 4.74 Å². The Morgan fingerprint density at radius 2 is 2.26 bits per heavy atom. The van der Waals surface area contributed by atoms with Crippen LogP contribution in [0.2, 0.25) is 0 Å². The smallest absolute Gasteiger partial charge is 0.244 e. The fourth-order valence-electron chi connectivity index (χ4n) is 2.97. The van der Waals surface area contributed by atoms with Crippen molar-refractivity contribution in [1.29, 1.82) is 0 Å². The quantitative estimate of drug-likeness (QED) is 0.805. The number of amides is 1. The van der Waals surface area contributed by atoms with Crippen molar-refractivity contribution in [3.63, 3.8) is 0 Å². The molecule has 0 unspecified atom stereocenters. The van der Waals surface area contributed by atoms with Gasteiger partial charge >= 0.3 is 0 Å². The van der Waals surface area contributed by atoms with E-state index in [2.05, 4.69) is 10.4 Å². The Morgan fingerprint density at radius 3 is 3.13 bits per heavy atom. The highest BCUT2D eigenvalue weighted by Gasteiger charge is 2.18. The lowest BCUT2D eigenvalue weighted by Gasteiger charge is -2.07. The molecule has 23 heavy (non-hydrogen) atoms. The number of benzene rings is 1. The molecule has 1 aliphatic heterocycles. The Bertz CT molecular complexity index is 830. The largest absolute Gasteiger partial charge is 0.379 e. The molecule has 1 amide bonds. The second-order valence-electron chi connectivity index (χ2n) is 5.78. The first-order valence-electron chi connectivity index (χ1n) is 7.75. The van der Waals surface area contributed by atoms with Gasteiger partial charge < -0.3 is 14.6 Å². The molecule has 6 nitrogen and oxygen atoms in total. The minimum atomic E-state index is -0.0615. The average molecular weight is 310 g/mol. The van der Waals surface area contributed by atoms with Gasteiger partial charge in [0.05, 0.1) is 24.5 Å². The van der Waals surface area contributed by atoms with Crippen molar-refractivity contribution in [2.75, 3.05) is 18.5 Å². The fourth-order valence-corrected chi connectivity index (χ4v) is 2.97. The number of nitrogens with zero attached hydrogens (tertiary/aromatic N) is 3. The van der Waals surface area contributed by atoms with Gasteiger partial charge in [-0.3, -0.25) is 9.48 Å². The third kappa shape index (κ3) is 2.85. The zero-order valence-corrected chi connectivity index (χ0v) is 12.7. The number of para-hydroxylation sites is 1. The second kappa shape index (κ2) is 5.89. The van der Waals surface area contributed by atoms with Gasteiger partial charge in [-0.1, -0.05) is 18.2 Å². The summed E-state index contributed by atoms with van der Waals surface area (Å²) in [5.74, 6) is -0.0615. The third-order valence-electron chi connectivity index (χ3n) is 4.16. The van der Waals surface area contributed by atoms with Gasteiger partial charge in [-0.15, -0.1) is 0 Å². The monoisotopic (exact) mass is 310 g/mol. The van der Waals surface area contributed by atoms with Gasteiger partial charge in [0.2, 0.25) is 5.91 Å². The summed E-state index contributed by atoms with van der Waals surface area (Å²) in [6, 6.07) is 10.3.